The fraction of sp³-hybridized carbons (Fsp3) is 0.538. The third-order valence-corrected chi connectivity index (χ3v) is 4.49. The number of nitro benzene ring substituents is 1. The number of aliphatic hydroxyl groups excluding tert-OH is 1. The molecule has 0 heterocycles. The predicted octanol–water partition coefficient (Wildman–Crippen LogP) is 1.67. The highest BCUT2D eigenvalue weighted by Crippen LogP contribution is 2.22. The van der Waals surface area contributed by atoms with Gasteiger partial charge in [0.25, 0.3) is 5.69 Å². The molecule has 8 heteroatoms. The molecule has 1 aromatic rings. The van der Waals surface area contributed by atoms with Crippen molar-refractivity contribution in [3.63, 3.8) is 0 Å². The molecule has 21 heavy (non-hydrogen) atoms. The second-order valence-electron chi connectivity index (χ2n) is 5.57. The van der Waals surface area contributed by atoms with Gasteiger partial charge < -0.3 is 5.11 Å². The standard InChI is InChI=1S/C13H20N2O5S/c1-13(2,7-4-8-16)10-14-21(19,20)12-6-3-5-11(9-12)15(17)18/h3,5-6,9,14,16H,4,7-8,10H2,1-2H3. The number of nitro groups is 1. The number of sulfonamides is 1. The molecule has 7 nitrogen and oxygen atoms in total. The second kappa shape index (κ2) is 6.97. The SMILES string of the molecule is CC(C)(CCCO)CNS(=O)(=O)c1cccc([N+](=O)[O-])c1. The minimum Gasteiger partial charge on any atom is -0.396 e. The number of non-ortho nitro benzene ring substituents is 1. The fourth-order valence-corrected chi connectivity index (χ4v) is 3.06. The topological polar surface area (TPSA) is 110 Å². The van der Waals surface area contributed by atoms with Crippen LogP contribution >= 0.6 is 0 Å². The van der Waals surface area contributed by atoms with E-state index in [9.17, 15) is 18.5 Å². The smallest absolute Gasteiger partial charge is 0.270 e. The Morgan fingerprint density at radius 1 is 1.38 bits per heavy atom. The van der Waals surface area contributed by atoms with E-state index >= 15 is 0 Å². The number of rotatable bonds is 8. The predicted molar refractivity (Wildman–Crippen MR) is 78.4 cm³/mol. The molecule has 0 atom stereocenters. The highest BCUT2D eigenvalue weighted by molar-refractivity contribution is 7.89. The number of hydrogen-bond donors (Lipinski definition) is 2. The van der Waals surface area contributed by atoms with Crippen molar-refractivity contribution in [2.45, 2.75) is 31.6 Å². The maximum atomic E-state index is 12.1. The van der Waals surface area contributed by atoms with Crippen LogP contribution in [0.5, 0.6) is 0 Å². The summed E-state index contributed by atoms with van der Waals surface area (Å²) in [5, 5.41) is 19.5. The van der Waals surface area contributed by atoms with Gasteiger partial charge in [-0.05, 0) is 24.3 Å². The molecule has 0 aliphatic heterocycles. The lowest BCUT2D eigenvalue weighted by molar-refractivity contribution is -0.385. The van der Waals surface area contributed by atoms with Crippen LogP contribution in [0.15, 0.2) is 29.2 Å². The molecule has 1 aromatic carbocycles. The summed E-state index contributed by atoms with van der Waals surface area (Å²) < 4.78 is 26.7. The van der Waals surface area contributed by atoms with Crippen molar-refractivity contribution in [1.29, 1.82) is 0 Å². The molecular weight excluding hydrogens is 296 g/mol. The van der Waals surface area contributed by atoms with E-state index in [-0.39, 0.29) is 29.1 Å². The Morgan fingerprint density at radius 2 is 2.05 bits per heavy atom. The quantitative estimate of drug-likeness (QED) is 0.560. The Balaban J connectivity index is 2.82. The Hall–Kier alpha value is -1.51. The molecule has 118 valence electrons. The van der Waals surface area contributed by atoms with Gasteiger partial charge >= 0.3 is 0 Å². The van der Waals surface area contributed by atoms with E-state index in [1.807, 2.05) is 13.8 Å². The normalized spacial score (nSPS) is 12.3. The van der Waals surface area contributed by atoms with Gasteiger partial charge in [-0.3, -0.25) is 10.1 Å². The van der Waals surface area contributed by atoms with Gasteiger partial charge in [0.1, 0.15) is 0 Å². The van der Waals surface area contributed by atoms with Crippen molar-refractivity contribution in [3.8, 4) is 0 Å². The molecular formula is C13H20N2O5S. The first-order chi connectivity index (χ1) is 9.68. The third kappa shape index (κ3) is 5.41. The molecule has 0 fully saturated rings. The van der Waals surface area contributed by atoms with E-state index in [1.165, 1.54) is 18.2 Å². The first-order valence-corrected chi connectivity index (χ1v) is 8.01. The zero-order chi connectivity index (χ0) is 16.1. The van der Waals surface area contributed by atoms with Crippen LogP contribution in [0, 0.1) is 15.5 Å². The van der Waals surface area contributed by atoms with Crippen molar-refractivity contribution in [3.05, 3.63) is 34.4 Å². The minimum atomic E-state index is -3.79. The van der Waals surface area contributed by atoms with Gasteiger partial charge in [0.15, 0.2) is 0 Å². The van der Waals surface area contributed by atoms with Gasteiger partial charge in [0.05, 0.1) is 9.82 Å². The summed E-state index contributed by atoms with van der Waals surface area (Å²) in [6, 6.07) is 4.92. The van der Waals surface area contributed by atoms with Gasteiger partial charge in [0.2, 0.25) is 10.0 Å². The van der Waals surface area contributed by atoms with Crippen molar-refractivity contribution < 1.29 is 18.4 Å². The lowest BCUT2D eigenvalue weighted by Crippen LogP contribution is -2.34. The molecule has 0 aromatic heterocycles. The van der Waals surface area contributed by atoms with Crippen LogP contribution in [-0.4, -0.2) is 31.6 Å². The number of nitrogens with zero attached hydrogens (tertiary/aromatic N) is 1. The van der Waals surface area contributed by atoms with Gasteiger partial charge in [-0.2, -0.15) is 0 Å². The summed E-state index contributed by atoms with van der Waals surface area (Å²) in [4.78, 5) is 9.92. The first kappa shape index (κ1) is 17.5. The average Bonchev–Trinajstić information content (AvgIpc) is 2.43. The third-order valence-electron chi connectivity index (χ3n) is 3.09. The van der Waals surface area contributed by atoms with Crippen molar-refractivity contribution in [1.82, 2.24) is 4.72 Å². The summed E-state index contributed by atoms with van der Waals surface area (Å²) >= 11 is 0. The van der Waals surface area contributed by atoms with Crippen LogP contribution in [0.25, 0.3) is 0 Å². The average molecular weight is 316 g/mol. The summed E-state index contributed by atoms with van der Waals surface area (Å²) in [6.07, 6.45) is 1.26. The molecule has 0 aliphatic carbocycles. The molecule has 0 radical (unpaired) electrons. The van der Waals surface area contributed by atoms with Crippen molar-refractivity contribution in [2.24, 2.45) is 5.41 Å². The molecule has 0 amide bonds. The number of benzene rings is 1. The van der Waals surface area contributed by atoms with E-state index in [4.69, 9.17) is 5.11 Å². The lowest BCUT2D eigenvalue weighted by atomic mass is 9.88. The van der Waals surface area contributed by atoms with E-state index < -0.39 is 14.9 Å². The van der Waals surface area contributed by atoms with Gasteiger partial charge in [-0.15, -0.1) is 0 Å². The zero-order valence-electron chi connectivity index (χ0n) is 12.1. The highest BCUT2D eigenvalue weighted by atomic mass is 32.2. The molecule has 0 aliphatic rings. The molecule has 0 saturated carbocycles. The van der Waals surface area contributed by atoms with Crippen LogP contribution in [0.4, 0.5) is 5.69 Å². The Kier molecular flexibility index (Phi) is 5.82. The maximum absolute atomic E-state index is 12.1. The van der Waals surface area contributed by atoms with E-state index in [1.54, 1.807) is 0 Å². The highest BCUT2D eigenvalue weighted by Gasteiger charge is 2.23. The molecule has 0 bridgehead atoms. The zero-order valence-corrected chi connectivity index (χ0v) is 12.9. The second-order valence-corrected chi connectivity index (χ2v) is 7.34. The van der Waals surface area contributed by atoms with Crippen LogP contribution < -0.4 is 4.72 Å². The van der Waals surface area contributed by atoms with Crippen LogP contribution in [-0.2, 0) is 10.0 Å². The van der Waals surface area contributed by atoms with E-state index in [0.717, 1.165) is 6.07 Å². The summed E-state index contributed by atoms with van der Waals surface area (Å²) in [5.41, 5.74) is -0.575. The number of nitrogens with one attached hydrogen (secondary N) is 1. The van der Waals surface area contributed by atoms with Gasteiger partial charge in [-0.1, -0.05) is 19.9 Å². The first-order valence-electron chi connectivity index (χ1n) is 6.53. The Labute approximate surface area is 124 Å². The maximum Gasteiger partial charge on any atom is 0.270 e. The van der Waals surface area contributed by atoms with Crippen molar-refractivity contribution >= 4 is 15.7 Å². The van der Waals surface area contributed by atoms with Crippen LogP contribution in [0.2, 0.25) is 0 Å². The summed E-state index contributed by atoms with van der Waals surface area (Å²) in [7, 11) is -3.79. The van der Waals surface area contributed by atoms with Gasteiger partial charge in [0, 0.05) is 25.3 Å². The molecule has 0 spiro atoms. The fourth-order valence-electron chi connectivity index (χ4n) is 1.78. The number of aliphatic hydroxyl groups is 1. The number of hydrogen-bond acceptors (Lipinski definition) is 5. The van der Waals surface area contributed by atoms with Gasteiger partial charge in [-0.25, -0.2) is 13.1 Å². The minimum absolute atomic E-state index is 0.0566. The lowest BCUT2D eigenvalue weighted by Gasteiger charge is -2.24. The Bertz CT molecular complexity index is 598. The summed E-state index contributed by atoms with van der Waals surface area (Å²) in [6.45, 7) is 4.02. The van der Waals surface area contributed by atoms with E-state index in [0.29, 0.717) is 12.8 Å². The Morgan fingerprint density at radius 3 is 2.62 bits per heavy atom. The molecule has 0 unspecified atom stereocenters. The van der Waals surface area contributed by atoms with Crippen molar-refractivity contribution in [2.75, 3.05) is 13.2 Å². The van der Waals surface area contributed by atoms with Crippen LogP contribution in [0.3, 0.4) is 0 Å². The molecule has 1 rings (SSSR count). The van der Waals surface area contributed by atoms with E-state index in [2.05, 4.69) is 4.72 Å². The molecule has 0 saturated heterocycles. The largest absolute Gasteiger partial charge is 0.396 e. The molecule has 2 N–H and O–H groups in total. The van der Waals surface area contributed by atoms with Crippen LogP contribution in [0.1, 0.15) is 26.7 Å². The monoisotopic (exact) mass is 316 g/mol. The summed E-state index contributed by atoms with van der Waals surface area (Å²) in [5.74, 6) is 0.